The molecule has 0 heterocycles. The molecule has 0 fully saturated rings. The summed E-state index contributed by atoms with van der Waals surface area (Å²) in [6, 6.07) is -1.43. The van der Waals surface area contributed by atoms with Crippen LogP contribution in [0.15, 0.2) is 0 Å². The Morgan fingerprint density at radius 1 is 0.644 bits per heavy atom. The van der Waals surface area contributed by atoms with Gasteiger partial charge in [0.2, 0.25) is 11.8 Å². The zero-order chi connectivity index (χ0) is 33.5. The number of ether oxygens (including phenoxy) is 1. The molecule has 9 heteroatoms. The Morgan fingerprint density at radius 3 is 1.58 bits per heavy atom. The van der Waals surface area contributed by atoms with Crippen LogP contribution in [0.2, 0.25) is 0 Å². The van der Waals surface area contributed by atoms with Crippen molar-refractivity contribution in [3.63, 3.8) is 0 Å². The molecule has 0 aromatic heterocycles. The van der Waals surface area contributed by atoms with Crippen LogP contribution in [0.3, 0.4) is 0 Å². The monoisotopic (exact) mass is 641 g/mol. The van der Waals surface area contributed by atoms with E-state index >= 15 is 0 Å². The number of carbonyl (C=O) groups excluding carboxylic acids is 3. The van der Waals surface area contributed by atoms with Gasteiger partial charge in [0.25, 0.3) is 0 Å². The number of rotatable bonds is 32. The lowest BCUT2D eigenvalue weighted by Crippen LogP contribution is -2.47. The van der Waals surface area contributed by atoms with Crippen molar-refractivity contribution in [2.45, 2.75) is 187 Å². The summed E-state index contributed by atoms with van der Waals surface area (Å²) in [6.45, 7) is 5.62. The van der Waals surface area contributed by atoms with Crippen LogP contribution < -0.4 is 10.6 Å². The van der Waals surface area contributed by atoms with Crippen LogP contribution in [0, 0.1) is 5.92 Å². The number of carboxylic acid groups (broad SMARTS) is 1. The van der Waals surface area contributed by atoms with E-state index in [2.05, 4.69) is 31.4 Å². The van der Waals surface area contributed by atoms with Crippen LogP contribution >= 0.6 is 0 Å². The third kappa shape index (κ3) is 29.0. The van der Waals surface area contributed by atoms with Crippen LogP contribution in [-0.4, -0.2) is 59.3 Å². The van der Waals surface area contributed by atoms with E-state index in [0.29, 0.717) is 12.8 Å². The average molecular weight is 641 g/mol. The molecule has 9 nitrogen and oxygen atoms in total. The second-order valence-electron chi connectivity index (χ2n) is 13.2. The van der Waals surface area contributed by atoms with Gasteiger partial charge in [-0.05, 0) is 25.2 Å². The number of aliphatic carboxylic acids is 1. The van der Waals surface area contributed by atoms with Gasteiger partial charge in [0.1, 0.15) is 12.1 Å². The lowest BCUT2D eigenvalue weighted by molar-refractivity contribution is -0.151. The van der Waals surface area contributed by atoms with Crippen molar-refractivity contribution >= 4 is 23.8 Å². The minimum absolute atomic E-state index is 0.0453. The maximum atomic E-state index is 12.6. The Morgan fingerprint density at radius 2 is 1.11 bits per heavy atom. The number of hydrogen-bond acceptors (Lipinski definition) is 6. The van der Waals surface area contributed by atoms with Crippen LogP contribution in [0.1, 0.15) is 175 Å². The number of aliphatic hydroxyl groups is 1. The van der Waals surface area contributed by atoms with E-state index in [9.17, 15) is 19.2 Å². The maximum Gasteiger partial charge on any atom is 0.328 e. The fourth-order valence-electron chi connectivity index (χ4n) is 5.43. The van der Waals surface area contributed by atoms with Crippen molar-refractivity contribution in [3.05, 3.63) is 0 Å². The molecule has 0 aliphatic heterocycles. The van der Waals surface area contributed by atoms with Crippen molar-refractivity contribution in [2.75, 3.05) is 13.2 Å². The maximum absolute atomic E-state index is 12.6. The zero-order valence-electron chi connectivity index (χ0n) is 29.1. The van der Waals surface area contributed by atoms with Crippen molar-refractivity contribution in [2.24, 2.45) is 5.92 Å². The Hall–Kier alpha value is -2.16. The lowest BCUT2D eigenvalue weighted by Gasteiger charge is -2.18. The van der Waals surface area contributed by atoms with Crippen LogP contribution in [0.25, 0.3) is 0 Å². The SMILES string of the molecule is CCCCCCCCCCCCC[C@H](CC(=O)NCC(=O)N[C@@H](CO)C(=O)O)OC(=O)CCCCCCCCCCCC(C)C. The zero-order valence-corrected chi connectivity index (χ0v) is 29.1. The molecule has 0 unspecified atom stereocenters. The summed E-state index contributed by atoms with van der Waals surface area (Å²) in [4.78, 5) is 48.1. The van der Waals surface area contributed by atoms with E-state index in [1.807, 2.05) is 0 Å². The summed E-state index contributed by atoms with van der Waals surface area (Å²) in [5.41, 5.74) is 0. The van der Waals surface area contributed by atoms with E-state index < -0.39 is 43.1 Å². The second kappa shape index (κ2) is 30.5. The number of nitrogens with one attached hydrogen (secondary N) is 2. The minimum atomic E-state index is -1.43. The molecule has 2 atom stereocenters. The van der Waals surface area contributed by atoms with Crippen molar-refractivity contribution in [3.8, 4) is 0 Å². The van der Waals surface area contributed by atoms with E-state index in [1.54, 1.807) is 0 Å². The molecule has 0 aliphatic rings. The van der Waals surface area contributed by atoms with Crippen LogP contribution in [-0.2, 0) is 23.9 Å². The first-order valence-electron chi connectivity index (χ1n) is 18.3. The quantitative estimate of drug-likeness (QED) is 0.0438. The van der Waals surface area contributed by atoms with Gasteiger partial charge in [-0.2, -0.15) is 0 Å². The van der Waals surface area contributed by atoms with Gasteiger partial charge in [-0.25, -0.2) is 4.79 Å². The van der Waals surface area contributed by atoms with Gasteiger partial charge in [-0.15, -0.1) is 0 Å². The largest absolute Gasteiger partial charge is 0.480 e. The molecule has 0 radical (unpaired) electrons. The lowest BCUT2D eigenvalue weighted by atomic mass is 10.0. The van der Waals surface area contributed by atoms with Gasteiger partial charge in [0.05, 0.1) is 19.6 Å². The summed E-state index contributed by atoms with van der Waals surface area (Å²) in [5, 5.41) is 22.6. The van der Waals surface area contributed by atoms with Gasteiger partial charge >= 0.3 is 11.9 Å². The molecule has 0 bridgehead atoms. The highest BCUT2D eigenvalue weighted by molar-refractivity contribution is 5.88. The van der Waals surface area contributed by atoms with E-state index in [0.717, 1.165) is 44.4 Å². The third-order valence-electron chi connectivity index (χ3n) is 8.27. The number of carbonyl (C=O) groups is 4. The molecule has 45 heavy (non-hydrogen) atoms. The summed E-state index contributed by atoms with van der Waals surface area (Å²) < 4.78 is 5.72. The summed E-state index contributed by atoms with van der Waals surface area (Å²) in [5.74, 6) is -2.00. The molecule has 264 valence electrons. The molecule has 0 aliphatic carbocycles. The molecular weight excluding hydrogens is 572 g/mol. The number of hydrogen-bond donors (Lipinski definition) is 4. The normalized spacial score (nSPS) is 12.6. The molecule has 4 N–H and O–H groups in total. The van der Waals surface area contributed by atoms with Crippen molar-refractivity contribution < 1.29 is 34.1 Å². The number of aliphatic hydroxyl groups excluding tert-OH is 1. The van der Waals surface area contributed by atoms with Gasteiger partial charge < -0.3 is 25.6 Å². The Kier molecular flexibility index (Phi) is 29.0. The van der Waals surface area contributed by atoms with Crippen molar-refractivity contribution in [1.82, 2.24) is 10.6 Å². The van der Waals surface area contributed by atoms with Crippen LogP contribution in [0.4, 0.5) is 0 Å². The molecule has 0 rings (SSSR count). The predicted molar refractivity (Wildman–Crippen MR) is 181 cm³/mol. The van der Waals surface area contributed by atoms with Gasteiger partial charge in [-0.1, -0.05) is 143 Å². The number of amides is 2. The topological polar surface area (TPSA) is 142 Å². The molecule has 0 aromatic carbocycles. The fraction of sp³-hybridized carbons (Fsp3) is 0.889. The highest BCUT2D eigenvalue weighted by atomic mass is 16.5. The molecule has 0 saturated carbocycles. The van der Waals surface area contributed by atoms with Crippen LogP contribution in [0.5, 0.6) is 0 Å². The first kappa shape index (κ1) is 42.8. The van der Waals surface area contributed by atoms with Crippen molar-refractivity contribution in [1.29, 1.82) is 0 Å². The second-order valence-corrected chi connectivity index (χ2v) is 13.2. The fourth-order valence-corrected chi connectivity index (χ4v) is 5.43. The Labute approximate surface area is 274 Å². The van der Waals surface area contributed by atoms with E-state index in [-0.39, 0.29) is 12.4 Å². The first-order valence-corrected chi connectivity index (χ1v) is 18.3. The minimum Gasteiger partial charge on any atom is -0.480 e. The smallest absolute Gasteiger partial charge is 0.328 e. The number of carboxylic acids is 1. The summed E-state index contributed by atoms with van der Waals surface area (Å²) in [7, 11) is 0. The Balaban J connectivity index is 4.42. The van der Waals surface area contributed by atoms with Gasteiger partial charge in [-0.3, -0.25) is 14.4 Å². The number of esters is 1. The predicted octanol–water partition coefficient (Wildman–Crippen LogP) is 7.61. The molecule has 0 aromatic rings. The summed E-state index contributed by atoms with van der Waals surface area (Å²) >= 11 is 0. The standard InChI is InChI=1S/C36H68N2O7/c1-4-5-6-7-8-9-10-13-16-19-22-25-31(27-33(40)37-28-34(41)38-32(29-39)36(43)44)45-35(42)26-23-20-17-14-11-12-15-18-21-24-30(2)3/h30-32,39H,4-29H2,1-3H3,(H,37,40)(H,38,41)(H,43,44)/t31-,32+/m1/s1. The number of unbranched alkanes of at least 4 members (excludes halogenated alkanes) is 18. The third-order valence-corrected chi connectivity index (χ3v) is 8.27. The molecule has 0 spiro atoms. The highest BCUT2D eigenvalue weighted by Gasteiger charge is 2.21. The molecule has 0 saturated heterocycles. The molecular formula is C36H68N2O7. The average Bonchev–Trinajstić information content (AvgIpc) is 2.99. The van der Waals surface area contributed by atoms with Gasteiger partial charge in [0, 0.05) is 6.42 Å². The summed E-state index contributed by atoms with van der Waals surface area (Å²) in [6.07, 6.45) is 25.5. The molecule has 2 amide bonds. The van der Waals surface area contributed by atoms with Gasteiger partial charge in [0.15, 0.2) is 0 Å². The van der Waals surface area contributed by atoms with E-state index in [1.165, 1.54) is 96.3 Å². The highest BCUT2D eigenvalue weighted by Crippen LogP contribution is 2.17. The Bertz CT molecular complexity index is 760. The first-order chi connectivity index (χ1) is 21.7. The van der Waals surface area contributed by atoms with E-state index in [4.69, 9.17) is 14.9 Å².